The molecule has 0 radical (unpaired) electrons. The van der Waals surface area contributed by atoms with Crippen LogP contribution in [0.4, 0.5) is 9.59 Å². The molecular formula is C28H38N2O4. The van der Waals surface area contributed by atoms with Gasteiger partial charge in [0.1, 0.15) is 11.2 Å². The van der Waals surface area contributed by atoms with Crippen molar-refractivity contribution < 1.29 is 19.1 Å². The van der Waals surface area contributed by atoms with E-state index in [0.717, 1.165) is 25.0 Å². The van der Waals surface area contributed by atoms with E-state index in [2.05, 4.69) is 42.5 Å². The highest BCUT2D eigenvalue weighted by atomic mass is 16.6. The summed E-state index contributed by atoms with van der Waals surface area (Å²) in [7, 11) is 0. The highest BCUT2D eigenvalue weighted by Gasteiger charge is 2.63. The van der Waals surface area contributed by atoms with Crippen LogP contribution in [0.2, 0.25) is 0 Å². The quantitative estimate of drug-likeness (QED) is 0.404. The lowest BCUT2D eigenvalue weighted by molar-refractivity contribution is -0.0781. The molecule has 3 fully saturated rings. The number of carbonyl (C=O) groups excluding carboxylic acids is 2. The van der Waals surface area contributed by atoms with Gasteiger partial charge in [-0.25, -0.2) is 9.59 Å². The molecule has 0 aromatic heterocycles. The second-order valence-electron chi connectivity index (χ2n) is 12.5. The molecular weight excluding hydrogens is 428 g/mol. The van der Waals surface area contributed by atoms with Crippen LogP contribution in [0.25, 0.3) is 0 Å². The Bertz CT molecular complexity index is 982. The maximum Gasteiger partial charge on any atom is 0.414 e. The lowest BCUT2D eigenvalue weighted by atomic mass is 9.67. The number of rotatable bonds is 0. The number of likely N-dealkylation sites (tertiary alicyclic amines) is 2. The van der Waals surface area contributed by atoms with Gasteiger partial charge in [-0.1, -0.05) is 36.5 Å². The largest absolute Gasteiger partial charge is 0.444 e. The first-order valence-corrected chi connectivity index (χ1v) is 12.6. The van der Waals surface area contributed by atoms with Crippen LogP contribution in [0, 0.1) is 10.8 Å². The number of nitrogens with zero attached hydrogens (tertiary/aromatic N) is 2. The normalized spacial score (nSPS) is 35.8. The summed E-state index contributed by atoms with van der Waals surface area (Å²) < 4.78 is 10.9. The molecule has 2 aliphatic heterocycles. The highest BCUT2D eigenvalue weighted by Crippen LogP contribution is 2.60. The summed E-state index contributed by atoms with van der Waals surface area (Å²) in [6, 6.07) is 0.831. The Kier molecular flexibility index (Phi) is 5.13. The molecule has 2 saturated heterocycles. The van der Waals surface area contributed by atoms with E-state index in [1.807, 2.05) is 51.3 Å². The fourth-order valence-electron chi connectivity index (χ4n) is 6.69. The third-order valence-electron chi connectivity index (χ3n) is 7.96. The van der Waals surface area contributed by atoms with E-state index in [-0.39, 0.29) is 35.1 Å². The SMILES string of the molecule is CC(C)(C)OC(=O)N1C2=CC=CC23CCCC13.CC(C)(C)OC(=O)N1C2C=CCC23CC=CC13. The Labute approximate surface area is 203 Å². The van der Waals surface area contributed by atoms with Crippen LogP contribution in [0.5, 0.6) is 0 Å². The minimum Gasteiger partial charge on any atom is -0.444 e. The molecule has 6 aliphatic rings. The highest BCUT2D eigenvalue weighted by molar-refractivity contribution is 5.76. The second-order valence-corrected chi connectivity index (χ2v) is 12.5. The van der Waals surface area contributed by atoms with Crippen molar-refractivity contribution in [3.05, 3.63) is 48.2 Å². The van der Waals surface area contributed by atoms with Gasteiger partial charge in [0.15, 0.2) is 0 Å². The zero-order valence-corrected chi connectivity index (χ0v) is 21.3. The predicted molar refractivity (Wildman–Crippen MR) is 131 cm³/mol. The summed E-state index contributed by atoms with van der Waals surface area (Å²) in [4.78, 5) is 28.1. The van der Waals surface area contributed by atoms with E-state index in [0.29, 0.717) is 6.04 Å². The molecule has 34 heavy (non-hydrogen) atoms. The molecule has 0 bridgehead atoms. The van der Waals surface area contributed by atoms with Crippen LogP contribution < -0.4 is 0 Å². The standard InChI is InChI=1S/2C14H19NO2/c2*1-13(2,3)17-12(16)15-10-6-4-8-14(10)9-5-7-11(14)15/h4,6,8,11H,5,7,9H2,1-3H3;4-7,10-11H,8-9H2,1-3H3. The first-order chi connectivity index (χ1) is 15.9. The van der Waals surface area contributed by atoms with E-state index >= 15 is 0 Å². The molecule has 6 rings (SSSR count). The minimum absolute atomic E-state index is 0.177. The van der Waals surface area contributed by atoms with E-state index in [1.165, 1.54) is 12.8 Å². The molecule has 6 heteroatoms. The fourth-order valence-corrected chi connectivity index (χ4v) is 6.69. The van der Waals surface area contributed by atoms with Crippen molar-refractivity contribution in [2.45, 2.75) is 103 Å². The Morgan fingerprint density at radius 1 is 0.941 bits per heavy atom. The Morgan fingerprint density at radius 3 is 2.12 bits per heavy atom. The zero-order chi connectivity index (χ0) is 24.5. The van der Waals surface area contributed by atoms with Gasteiger partial charge in [0, 0.05) is 11.1 Å². The predicted octanol–water partition coefficient (Wildman–Crippen LogP) is 6.11. The van der Waals surface area contributed by atoms with Gasteiger partial charge in [-0.3, -0.25) is 9.80 Å². The van der Waals surface area contributed by atoms with Crippen LogP contribution in [0.3, 0.4) is 0 Å². The third kappa shape index (κ3) is 3.44. The molecule has 184 valence electrons. The molecule has 2 amide bonds. The van der Waals surface area contributed by atoms with Gasteiger partial charge in [0.2, 0.25) is 0 Å². The summed E-state index contributed by atoms with van der Waals surface area (Å²) in [6.07, 6.45) is 20.4. The van der Waals surface area contributed by atoms with E-state index < -0.39 is 11.2 Å². The van der Waals surface area contributed by atoms with Crippen LogP contribution in [0.1, 0.15) is 73.6 Å². The van der Waals surface area contributed by atoms with Crippen LogP contribution in [-0.4, -0.2) is 51.3 Å². The molecule has 0 aromatic rings. The summed E-state index contributed by atoms with van der Waals surface area (Å²) >= 11 is 0. The molecule has 0 N–H and O–H groups in total. The number of hydrogen-bond donors (Lipinski definition) is 0. The number of amides is 2. The lowest BCUT2D eigenvalue weighted by Crippen LogP contribution is -2.69. The average molecular weight is 467 g/mol. The molecule has 4 unspecified atom stereocenters. The maximum atomic E-state index is 12.2. The summed E-state index contributed by atoms with van der Waals surface area (Å²) in [6.45, 7) is 11.5. The summed E-state index contributed by atoms with van der Waals surface area (Å²) in [5.74, 6) is 0. The van der Waals surface area contributed by atoms with Gasteiger partial charge in [0.25, 0.3) is 0 Å². The summed E-state index contributed by atoms with van der Waals surface area (Å²) in [5, 5.41) is 0. The molecule has 2 heterocycles. The van der Waals surface area contributed by atoms with Crippen LogP contribution in [-0.2, 0) is 9.47 Å². The minimum atomic E-state index is -0.417. The Morgan fingerprint density at radius 2 is 1.53 bits per heavy atom. The van der Waals surface area contributed by atoms with Gasteiger partial charge in [-0.15, -0.1) is 0 Å². The summed E-state index contributed by atoms with van der Waals surface area (Å²) in [5.41, 5.74) is 0.767. The smallest absolute Gasteiger partial charge is 0.414 e. The van der Waals surface area contributed by atoms with Crippen LogP contribution >= 0.6 is 0 Å². The Hall–Kier alpha value is -2.50. The van der Waals surface area contributed by atoms with Crippen molar-refractivity contribution in [1.82, 2.24) is 9.80 Å². The van der Waals surface area contributed by atoms with E-state index in [4.69, 9.17) is 9.47 Å². The maximum absolute atomic E-state index is 12.2. The number of allylic oxidation sites excluding steroid dienone is 4. The third-order valence-corrected chi connectivity index (χ3v) is 7.96. The van der Waals surface area contributed by atoms with Crippen molar-refractivity contribution in [3.8, 4) is 0 Å². The lowest BCUT2D eigenvalue weighted by Gasteiger charge is -2.57. The molecule has 2 spiro atoms. The van der Waals surface area contributed by atoms with Gasteiger partial charge < -0.3 is 9.47 Å². The Balaban J connectivity index is 0.000000142. The van der Waals surface area contributed by atoms with Crippen LogP contribution in [0.15, 0.2) is 48.2 Å². The van der Waals surface area contributed by atoms with E-state index in [9.17, 15) is 9.59 Å². The zero-order valence-electron chi connectivity index (χ0n) is 21.3. The average Bonchev–Trinajstić information content (AvgIpc) is 3.43. The van der Waals surface area contributed by atoms with Gasteiger partial charge in [-0.2, -0.15) is 0 Å². The second kappa shape index (κ2) is 7.50. The number of carbonyl (C=O) groups is 2. The number of hydrogen-bond acceptors (Lipinski definition) is 4. The molecule has 6 nitrogen and oxygen atoms in total. The van der Waals surface area contributed by atoms with Crippen molar-refractivity contribution >= 4 is 12.2 Å². The molecule has 1 saturated carbocycles. The van der Waals surface area contributed by atoms with Gasteiger partial charge in [0.05, 0.1) is 23.5 Å². The first-order valence-electron chi connectivity index (χ1n) is 12.6. The first kappa shape index (κ1) is 23.3. The van der Waals surface area contributed by atoms with Crippen molar-refractivity contribution in [2.24, 2.45) is 10.8 Å². The van der Waals surface area contributed by atoms with Gasteiger partial charge in [-0.05, 0) is 79.7 Å². The monoisotopic (exact) mass is 466 g/mol. The van der Waals surface area contributed by atoms with Crippen molar-refractivity contribution in [2.75, 3.05) is 0 Å². The topological polar surface area (TPSA) is 59.1 Å². The molecule has 4 aliphatic carbocycles. The molecule has 0 aromatic carbocycles. The van der Waals surface area contributed by atoms with E-state index in [1.54, 1.807) is 0 Å². The van der Waals surface area contributed by atoms with Crippen molar-refractivity contribution in [3.63, 3.8) is 0 Å². The molecule has 4 atom stereocenters. The van der Waals surface area contributed by atoms with Crippen molar-refractivity contribution in [1.29, 1.82) is 0 Å². The fraction of sp³-hybridized carbons (Fsp3) is 0.643. The van der Waals surface area contributed by atoms with Gasteiger partial charge >= 0.3 is 12.2 Å². The number of ether oxygens (including phenoxy) is 2.